The molecule has 0 aromatic carbocycles. The van der Waals surface area contributed by atoms with E-state index in [4.69, 9.17) is 4.74 Å². The molecule has 0 saturated carbocycles. The molecule has 0 aromatic heterocycles. The Bertz CT molecular complexity index is 183. The van der Waals surface area contributed by atoms with Crippen molar-refractivity contribution >= 4 is 5.91 Å². The fourth-order valence-corrected chi connectivity index (χ4v) is 1.34. The van der Waals surface area contributed by atoms with Crippen LogP contribution in [0.2, 0.25) is 0 Å². The van der Waals surface area contributed by atoms with Crippen molar-refractivity contribution < 1.29 is 9.53 Å². The first-order chi connectivity index (χ1) is 6.34. The molecule has 1 amide bonds. The summed E-state index contributed by atoms with van der Waals surface area (Å²) < 4.78 is 5.24. The van der Waals surface area contributed by atoms with Crippen LogP contribution < -0.4 is 5.32 Å². The number of hydrogen-bond acceptors (Lipinski definition) is 2. The second-order valence-electron chi connectivity index (χ2n) is 3.15. The predicted molar refractivity (Wildman–Crippen MR) is 51.4 cm³/mol. The Balaban J connectivity index is 2.09. The first kappa shape index (κ1) is 10.3. The lowest BCUT2D eigenvalue weighted by atomic mass is 10.2. The van der Waals surface area contributed by atoms with Crippen molar-refractivity contribution in [2.45, 2.75) is 32.3 Å². The Morgan fingerprint density at radius 2 is 2.54 bits per heavy atom. The number of ether oxygens (including phenoxy) is 1. The van der Waals surface area contributed by atoms with Crippen LogP contribution in [0.1, 0.15) is 26.2 Å². The molecule has 1 fully saturated rings. The van der Waals surface area contributed by atoms with E-state index in [-0.39, 0.29) is 12.0 Å². The molecule has 0 aliphatic carbocycles. The van der Waals surface area contributed by atoms with E-state index in [1.54, 1.807) is 0 Å². The number of hydrogen-bond donors (Lipinski definition) is 1. The van der Waals surface area contributed by atoms with Crippen LogP contribution in [0, 0.1) is 0 Å². The summed E-state index contributed by atoms with van der Waals surface area (Å²) in [5, 5.41) is 2.84. The van der Waals surface area contributed by atoms with Crippen LogP contribution in [0.15, 0.2) is 12.2 Å². The van der Waals surface area contributed by atoms with Crippen molar-refractivity contribution in [3.8, 4) is 0 Å². The van der Waals surface area contributed by atoms with Gasteiger partial charge >= 0.3 is 0 Å². The number of nitrogens with one attached hydrogen (secondary N) is 1. The van der Waals surface area contributed by atoms with Gasteiger partial charge in [0.2, 0.25) is 5.91 Å². The Morgan fingerprint density at radius 1 is 1.69 bits per heavy atom. The highest BCUT2D eigenvalue weighted by Crippen LogP contribution is 2.11. The Hall–Kier alpha value is -0.830. The average Bonchev–Trinajstić information content (AvgIpc) is 2.65. The van der Waals surface area contributed by atoms with E-state index in [1.807, 2.05) is 19.1 Å². The van der Waals surface area contributed by atoms with Crippen molar-refractivity contribution in [3.05, 3.63) is 12.2 Å². The molecule has 0 unspecified atom stereocenters. The molecule has 1 N–H and O–H groups in total. The summed E-state index contributed by atoms with van der Waals surface area (Å²) in [6, 6.07) is 0. The highest BCUT2D eigenvalue weighted by molar-refractivity contribution is 5.80. The van der Waals surface area contributed by atoms with Gasteiger partial charge in [-0.2, -0.15) is 0 Å². The maximum absolute atomic E-state index is 11.3. The number of carbonyl (C=O) groups excluding carboxylic acids is 1. The standard InChI is InChI=1S/C10H17NO2/c1-2-3-4-7-11-10(12)9-6-5-8-13-9/h2-3,9H,4-8H2,1H3,(H,11,12)/b3-2+/t9-/m1/s1. The van der Waals surface area contributed by atoms with Crippen LogP contribution in [-0.2, 0) is 9.53 Å². The van der Waals surface area contributed by atoms with E-state index >= 15 is 0 Å². The summed E-state index contributed by atoms with van der Waals surface area (Å²) in [6.07, 6.45) is 6.61. The summed E-state index contributed by atoms with van der Waals surface area (Å²) in [5.74, 6) is 0.0435. The van der Waals surface area contributed by atoms with Crippen molar-refractivity contribution in [2.24, 2.45) is 0 Å². The van der Waals surface area contributed by atoms with Gasteiger partial charge in [0.15, 0.2) is 0 Å². The lowest BCUT2D eigenvalue weighted by Gasteiger charge is -2.08. The molecule has 3 heteroatoms. The van der Waals surface area contributed by atoms with Gasteiger partial charge in [0.05, 0.1) is 0 Å². The number of allylic oxidation sites excluding steroid dienone is 1. The van der Waals surface area contributed by atoms with Gasteiger partial charge in [0, 0.05) is 13.2 Å². The minimum absolute atomic E-state index is 0.0435. The molecule has 1 aliphatic heterocycles. The van der Waals surface area contributed by atoms with Gasteiger partial charge in [-0.15, -0.1) is 0 Å². The molecule has 1 rings (SSSR count). The third-order valence-corrected chi connectivity index (χ3v) is 2.07. The Morgan fingerprint density at radius 3 is 3.15 bits per heavy atom. The average molecular weight is 183 g/mol. The second kappa shape index (κ2) is 5.75. The van der Waals surface area contributed by atoms with Crippen LogP contribution in [0.25, 0.3) is 0 Å². The molecule has 0 aromatic rings. The maximum atomic E-state index is 11.3. The maximum Gasteiger partial charge on any atom is 0.249 e. The van der Waals surface area contributed by atoms with E-state index in [0.29, 0.717) is 6.54 Å². The lowest BCUT2D eigenvalue weighted by molar-refractivity contribution is -0.129. The van der Waals surface area contributed by atoms with Gasteiger partial charge in [0.25, 0.3) is 0 Å². The van der Waals surface area contributed by atoms with E-state index in [1.165, 1.54) is 0 Å². The van der Waals surface area contributed by atoms with Crippen molar-refractivity contribution in [3.63, 3.8) is 0 Å². The molecule has 74 valence electrons. The zero-order valence-electron chi connectivity index (χ0n) is 8.08. The van der Waals surface area contributed by atoms with Crippen LogP contribution >= 0.6 is 0 Å². The third-order valence-electron chi connectivity index (χ3n) is 2.07. The van der Waals surface area contributed by atoms with Crippen LogP contribution in [0.4, 0.5) is 0 Å². The fourth-order valence-electron chi connectivity index (χ4n) is 1.34. The second-order valence-corrected chi connectivity index (χ2v) is 3.15. The van der Waals surface area contributed by atoms with E-state index in [0.717, 1.165) is 25.9 Å². The van der Waals surface area contributed by atoms with Gasteiger partial charge in [0.1, 0.15) is 6.10 Å². The summed E-state index contributed by atoms with van der Waals surface area (Å²) in [7, 11) is 0. The van der Waals surface area contributed by atoms with Crippen LogP contribution in [0.3, 0.4) is 0 Å². The summed E-state index contributed by atoms with van der Waals surface area (Å²) in [5.41, 5.74) is 0. The first-order valence-corrected chi connectivity index (χ1v) is 4.85. The highest BCUT2D eigenvalue weighted by Gasteiger charge is 2.22. The largest absolute Gasteiger partial charge is 0.368 e. The van der Waals surface area contributed by atoms with Crippen molar-refractivity contribution in [1.82, 2.24) is 5.32 Å². The molecule has 0 bridgehead atoms. The fraction of sp³-hybridized carbons (Fsp3) is 0.700. The zero-order valence-corrected chi connectivity index (χ0v) is 8.08. The third kappa shape index (κ3) is 3.59. The highest BCUT2D eigenvalue weighted by atomic mass is 16.5. The van der Waals surface area contributed by atoms with Crippen molar-refractivity contribution in [2.75, 3.05) is 13.2 Å². The quantitative estimate of drug-likeness (QED) is 0.526. The predicted octanol–water partition coefficient (Wildman–Crippen LogP) is 1.25. The number of amides is 1. The van der Waals surface area contributed by atoms with Gasteiger partial charge in [-0.3, -0.25) is 4.79 Å². The van der Waals surface area contributed by atoms with Gasteiger partial charge in [-0.25, -0.2) is 0 Å². The summed E-state index contributed by atoms with van der Waals surface area (Å²) in [4.78, 5) is 11.3. The van der Waals surface area contributed by atoms with Crippen molar-refractivity contribution in [1.29, 1.82) is 0 Å². The molecular formula is C10H17NO2. The minimum atomic E-state index is -0.189. The summed E-state index contributed by atoms with van der Waals surface area (Å²) in [6.45, 7) is 3.41. The minimum Gasteiger partial charge on any atom is -0.368 e. The van der Waals surface area contributed by atoms with Gasteiger partial charge in [-0.05, 0) is 26.2 Å². The van der Waals surface area contributed by atoms with E-state index < -0.39 is 0 Å². The molecule has 13 heavy (non-hydrogen) atoms. The molecule has 3 nitrogen and oxygen atoms in total. The van der Waals surface area contributed by atoms with Crippen LogP contribution in [-0.4, -0.2) is 25.2 Å². The Labute approximate surface area is 79.2 Å². The molecule has 1 saturated heterocycles. The summed E-state index contributed by atoms with van der Waals surface area (Å²) >= 11 is 0. The topological polar surface area (TPSA) is 38.3 Å². The molecule has 1 aliphatic rings. The first-order valence-electron chi connectivity index (χ1n) is 4.85. The molecule has 1 heterocycles. The van der Waals surface area contributed by atoms with Gasteiger partial charge in [-0.1, -0.05) is 12.2 Å². The molecule has 0 spiro atoms. The normalized spacial score (nSPS) is 22.4. The molecule has 0 radical (unpaired) electrons. The Kier molecular flexibility index (Phi) is 4.54. The zero-order chi connectivity index (χ0) is 9.52. The number of rotatable bonds is 4. The monoisotopic (exact) mass is 183 g/mol. The molecule has 1 atom stereocenters. The van der Waals surface area contributed by atoms with E-state index in [9.17, 15) is 4.79 Å². The lowest BCUT2D eigenvalue weighted by Crippen LogP contribution is -2.34. The van der Waals surface area contributed by atoms with Gasteiger partial charge < -0.3 is 10.1 Å². The van der Waals surface area contributed by atoms with E-state index in [2.05, 4.69) is 5.32 Å². The SMILES string of the molecule is C/C=C/CCNC(=O)[C@H]1CCCO1. The smallest absolute Gasteiger partial charge is 0.249 e. The van der Waals surface area contributed by atoms with Crippen LogP contribution in [0.5, 0.6) is 0 Å². The molecular weight excluding hydrogens is 166 g/mol. The number of carbonyl (C=O) groups is 1.